The molecule has 3 aromatic rings. The highest BCUT2D eigenvalue weighted by atomic mass is 32.2. The van der Waals surface area contributed by atoms with Crippen molar-refractivity contribution in [1.82, 2.24) is 14.1 Å². The van der Waals surface area contributed by atoms with Crippen LogP contribution in [0.4, 0.5) is 5.69 Å². The van der Waals surface area contributed by atoms with Gasteiger partial charge in [-0.1, -0.05) is 27.2 Å². The average molecular weight is 404 g/mol. The number of nitrogens with one attached hydrogen (secondary N) is 1. The summed E-state index contributed by atoms with van der Waals surface area (Å²) in [6.45, 7) is 0. The van der Waals surface area contributed by atoms with Crippen LogP contribution in [0.25, 0.3) is 11.3 Å². The molecule has 0 aliphatic rings. The maximum absolute atomic E-state index is 12.5. The molecular weight excluding hydrogens is 388 g/mol. The third-order valence-corrected chi connectivity index (χ3v) is 5.97. The van der Waals surface area contributed by atoms with Crippen LogP contribution in [0, 0.1) is 0 Å². The van der Waals surface area contributed by atoms with Gasteiger partial charge in [0.25, 0.3) is 15.9 Å². The Morgan fingerprint density at radius 3 is 2.56 bits per heavy atom. The standard InChI is InChI=1S/C17H16N4O4S2/c1-21(25-2)27(23,24)15-5-3-4-13(10-15)17(22)18-14-8-6-12(7-9-14)16-11-26-20-19-16/h3-11H,1-2H3,(H,18,22). The van der Waals surface area contributed by atoms with E-state index in [2.05, 4.69) is 14.9 Å². The monoisotopic (exact) mass is 404 g/mol. The van der Waals surface area contributed by atoms with Gasteiger partial charge in [-0.2, -0.15) is 0 Å². The van der Waals surface area contributed by atoms with E-state index >= 15 is 0 Å². The zero-order valence-electron chi connectivity index (χ0n) is 14.5. The van der Waals surface area contributed by atoms with Crippen molar-refractivity contribution in [1.29, 1.82) is 0 Å². The second-order valence-corrected chi connectivity index (χ2v) is 7.99. The highest BCUT2D eigenvalue weighted by molar-refractivity contribution is 7.89. The van der Waals surface area contributed by atoms with Crippen LogP contribution in [0.5, 0.6) is 0 Å². The Bertz CT molecular complexity index is 1040. The summed E-state index contributed by atoms with van der Waals surface area (Å²) >= 11 is 1.26. The summed E-state index contributed by atoms with van der Waals surface area (Å²) in [6, 6.07) is 12.9. The summed E-state index contributed by atoms with van der Waals surface area (Å²) in [5, 5.41) is 8.56. The molecule has 8 nitrogen and oxygen atoms in total. The molecule has 0 atom stereocenters. The quantitative estimate of drug-likeness (QED) is 0.634. The van der Waals surface area contributed by atoms with E-state index in [1.54, 1.807) is 12.1 Å². The molecule has 1 aromatic heterocycles. The Morgan fingerprint density at radius 1 is 1.19 bits per heavy atom. The number of aromatic nitrogens is 2. The van der Waals surface area contributed by atoms with E-state index in [-0.39, 0.29) is 10.5 Å². The topological polar surface area (TPSA) is 101 Å². The van der Waals surface area contributed by atoms with Gasteiger partial charge in [-0.3, -0.25) is 9.63 Å². The number of hydrogen-bond donors (Lipinski definition) is 1. The van der Waals surface area contributed by atoms with Gasteiger partial charge < -0.3 is 5.32 Å². The fraction of sp³-hybridized carbons (Fsp3) is 0.118. The molecule has 0 aliphatic carbocycles. The SMILES string of the molecule is CON(C)S(=O)(=O)c1cccc(C(=O)Nc2ccc(-c3csnn3)cc2)c1. The van der Waals surface area contributed by atoms with Crippen molar-refractivity contribution in [3.63, 3.8) is 0 Å². The van der Waals surface area contributed by atoms with Gasteiger partial charge in [-0.15, -0.1) is 5.10 Å². The lowest BCUT2D eigenvalue weighted by Gasteiger charge is -2.14. The van der Waals surface area contributed by atoms with E-state index in [1.807, 2.05) is 17.5 Å². The van der Waals surface area contributed by atoms with Crippen LogP contribution in [-0.2, 0) is 14.9 Å². The number of nitrogens with zero attached hydrogens (tertiary/aromatic N) is 3. The second kappa shape index (κ2) is 7.92. The van der Waals surface area contributed by atoms with E-state index in [0.717, 1.165) is 15.7 Å². The van der Waals surface area contributed by atoms with E-state index in [4.69, 9.17) is 4.84 Å². The molecule has 2 aromatic carbocycles. The number of carbonyl (C=O) groups is 1. The molecule has 27 heavy (non-hydrogen) atoms. The number of sulfonamides is 1. The number of rotatable bonds is 6. The van der Waals surface area contributed by atoms with Crippen molar-refractivity contribution in [2.24, 2.45) is 0 Å². The summed E-state index contributed by atoms with van der Waals surface area (Å²) in [5.41, 5.74) is 2.44. The molecule has 1 heterocycles. The molecule has 0 bridgehead atoms. The van der Waals surface area contributed by atoms with Gasteiger partial charge in [-0.25, -0.2) is 8.42 Å². The Labute approximate surface area is 160 Å². The Hall–Kier alpha value is -2.66. The van der Waals surface area contributed by atoms with Crippen LogP contribution in [0.1, 0.15) is 10.4 Å². The number of anilines is 1. The average Bonchev–Trinajstić information content (AvgIpc) is 3.22. The maximum Gasteiger partial charge on any atom is 0.264 e. The molecule has 0 fully saturated rings. The fourth-order valence-corrected chi connectivity index (χ4v) is 3.75. The minimum absolute atomic E-state index is 0.0362. The third-order valence-electron chi connectivity index (χ3n) is 3.79. The van der Waals surface area contributed by atoms with Crippen molar-refractivity contribution in [3.05, 3.63) is 59.5 Å². The number of hydroxylamine groups is 1. The first-order valence-corrected chi connectivity index (χ1v) is 10.0. The highest BCUT2D eigenvalue weighted by Gasteiger charge is 2.22. The first kappa shape index (κ1) is 19.1. The number of hydrogen-bond acceptors (Lipinski definition) is 7. The predicted molar refractivity (Wildman–Crippen MR) is 102 cm³/mol. The summed E-state index contributed by atoms with van der Waals surface area (Å²) in [5.74, 6) is -0.421. The number of carbonyl (C=O) groups excluding carboxylic acids is 1. The van der Waals surface area contributed by atoms with E-state index in [1.165, 1.54) is 50.0 Å². The van der Waals surface area contributed by atoms with Gasteiger partial charge in [0.1, 0.15) is 5.69 Å². The van der Waals surface area contributed by atoms with Crippen LogP contribution < -0.4 is 5.32 Å². The second-order valence-electron chi connectivity index (χ2n) is 5.45. The van der Waals surface area contributed by atoms with Crippen LogP contribution in [-0.4, -0.2) is 42.5 Å². The van der Waals surface area contributed by atoms with Crippen molar-refractivity contribution >= 4 is 33.2 Å². The molecule has 0 unspecified atom stereocenters. The summed E-state index contributed by atoms with van der Waals surface area (Å²) in [6.07, 6.45) is 0. The van der Waals surface area contributed by atoms with E-state index < -0.39 is 15.9 Å². The zero-order chi connectivity index (χ0) is 19.4. The molecule has 0 spiro atoms. The Balaban J connectivity index is 1.78. The first-order chi connectivity index (χ1) is 12.9. The third kappa shape index (κ3) is 4.19. The molecule has 0 radical (unpaired) electrons. The predicted octanol–water partition coefficient (Wildman–Crippen LogP) is 2.64. The molecule has 3 rings (SSSR count). The smallest absolute Gasteiger partial charge is 0.264 e. The summed E-state index contributed by atoms with van der Waals surface area (Å²) < 4.78 is 29.2. The zero-order valence-corrected chi connectivity index (χ0v) is 16.1. The lowest BCUT2D eigenvalue weighted by atomic mass is 10.1. The van der Waals surface area contributed by atoms with Crippen molar-refractivity contribution in [2.45, 2.75) is 4.90 Å². The fourth-order valence-electron chi connectivity index (χ4n) is 2.26. The van der Waals surface area contributed by atoms with Crippen molar-refractivity contribution in [3.8, 4) is 11.3 Å². The molecular formula is C17H16N4O4S2. The minimum Gasteiger partial charge on any atom is -0.322 e. The van der Waals surface area contributed by atoms with E-state index in [9.17, 15) is 13.2 Å². The van der Waals surface area contributed by atoms with Crippen LogP contribution >= 0.6 is 11.5 Å². The van der Waals surface area contributed by atoms with Gasteiger partial charge in [0, 0.05) is 29.2 Å². The largest absolute Gasteiger partial charge is 0.322 e. The molecule has 140 valence electrons. The van der Waals surface area contributed by atoms with Gasteiger partial charge in [0.15, 0.2) is 0 Å². The van der Waals surface area contributed by atoms with Crippen LogP contribution in [0.15, 0.2) is 58.8 Å². The lowest BCUT2D eigenvalue weighted by molar-refractivity contribution is -0.0258. The van der Waals surface area contributed by atoms with Gasteiger partial charge >= 0.3 is 0 Å². The maximum atomic E-state index is 12.5. The Kier molecular flexibility index (Phi) is 5.61. The van der Waals surface area contributed by atoms with E-state index in [0.29, 0.717) is 5.69 Å². The minimum atomic E-state index is -3.83. The number of benzene rings is 2. The van der Waals surface area contributed by atoms with Crippen molar-refractivity contribution in [2.75, 3.05) is 19.5 Å². The van der Waals surface area contributed by atoms with Gasteiger partial charge in [0.2, 0.25) is 0 Å². The molecule has 0 saturated carbocycles. The molecule has 1 N–H and O–H groups in total. The van der Waals surface area contributed by atoms with Gasteiger partial charge in [0.05, 0.1) is 12.0 Å². The number of amides is 1. The van der Waals surface area contributed by atoms with Crippen LogP contribution in [0.2, 0.25) is 0 Å². The molecule has 0 saturated heterocycles. The van der Waals surface area contributed by atoms with Crippen LogP contribution in [0.3, 0.4) is 0 Å². The van der Waals surface area contributed by atoms with Gasteiger partial charge in [-0.05, 0) is 41.9 Å². The normalized spacial score (nSPS) is 11.5. The highest BCUT2D eigenvalue weighted by Crippen LogP contribution is 2.21. The first-order valence-electron chi connectivity index (χ1n) is 7.74. The summed E-state index contributed by atoms with van der Waals surface area (Å²) in [7, 11) is -1.30. The molecule has 1 amide bonds. The molecule has 10 heteroatoms. The Morgan fingerprint density at radius 2 is 1.93 bits per heavy atom. The summed E-state index contributed by atoms with van der Waals surface area (Å²) in [4.78, 5) is 17.2. The molecule has 0 aliphatic heterocycles. The van der Waals surface area contributed by atoms with Crippen molar-refractivity contribution < 1.29 is 18.0 Å². The lowest BCUT2D eigenvalue weighted by Crippen LogP contribution is -2.26.